The van der Waals surface area contributed by atoms with E-state index >= 15 is 0 Å². The first kappa shape index (κ1) is 14.0. The lowest BCUT2D eigenvalue weighted by molar-refractivity contribution is -0.142. The van der Waals surface area contributed by atoms with E-state index in [0.29, 0.717) is 18.9 Å². The summed E-state index contributed by atoms with van der Waals surface area (Å²) < 4.78 is 12.5. The molecule has 2 aromatic rings. The van der Waals surface area contributed by atoms with Crippen LogP contribution in [0.25, 0.3) is 5.65 Å². The monoisotopic (exact) mass is 290 g/mol. The maximum atomic E-state index is 12.1. The normalized spacial score (nSPS) is 19.1. The Hall–Kier alpha value is -1.99. The summed E-state index contributed by atoms with van der Waals surface area (Å²) in [5.74, 6) is 0.910. The van der Waals surface area contributed by atoms with Crippen molar-refractivity contribution >= 4 is 17.2 Å². The number of nitrogens with one attached hydrogen (secondary N) is 1. The quantitative estimate of drug-likeness (QED) is 0.919. The second-order valence-electron chi connectivity index (χ2n) is 5.28. The Morgan fingerprint density at radius 3 is 2.95 bits per heavy atom. The lowest BCUT2D eigenvalue weighted by Gasteiger charge is -2.22. The van der Waals surface area contributed by atoms with Crippen molar-refractivity contribution in [3.63, 3.8) is 0 Å². The number of carbonyl (C=O) groups is 1. The molecule has 1 saturated heterocycles. The molecule has 1 N–H and O–H groups in total. The number of aromatic nitrogens is 3. The number of ether oxygens (including phenoxy) is 2. The molecule has 3 heterocycles. The van der Waals surface area contributed by atoms with Crippen LogP contribution in [-0.4, -0.2) is 46.4 Å². The number of nitrogens with zero attached hydrogens (tertiary/aromatic N) is 3. The Morgan fingerprint density at radius 2 is 2.24 bits per heavy atom. The van der Waals surface area contributed by atoms with Crippen LogP contribution in [0.4, 0.5) is 5.69 Å². The van der Waals surface area contributed by atoms with Gasteiger partial charge in [0.2, 0.25) is 0 Å². The Bertz CT molecular complexity index is 647. The van der Waals surface area contributed by atoms with Gasteiger partial charge in [-0.3, -0.25) is 9.20 Å². The molecule has 0 radical (unpaired) electrons. The molecular weight excluding hydrogens is 272 g/mol. The van der Waals surface area contributed by atoms with Crippen molar-refractivity contribution in [2.45, 2.75) is 25.9 Å². The minimum absolute atomic E-state index is 0.201. The number of carbonyl (C=O) groups excluding carboxylic acids is 1. The van der Waals surface area contributed by atoms with Crippen LogP contribution in [0.3, 0.4) is 0 Å². The van der Waals surface area contributed by atoms with E-state index in [-0.39, 0.29) is 18.4 Å². The SMILES string of the molecule is CC(C)c1nnc2ccc(NC(=O)[C@@H]3COCCO3)cn12. The molecule has 112 valence electrons. The maximum absolute atomic E-state index is 12.1. The maximum Gasteiger partial charge on any atom is 0.255 e. The number of amides is 1. The third-order valence-corrected chi connectivity index (χ3v) is 3.32. The van der Waals surface area contributed by atoms with Crippen LogP contribution in [0.2, 0.25) is 0 Å². The van der Waals surface area contributed by atoms with Gasteiger partial charge in [-0.25, -0.2) is 0 Å². The summed E-state index contributed by atoms with van der Waals surface area (Å²) in [6.07, 6.45) is 1.27. The minimum atomic E-state index is -0.556. The van der Waals surface area contributed by atoms with Crippen molar-refractivity contribution in [1.82, 2.24) is 14.6 Å². The zero-order valence-corrected chi connectivity index (χ0v) is 12.1. The van der Waals surface area contributed by atoms with Gasteiger partial charge in [-0.1, -0.05) is 13.8 Å². The van der Waals surface area contributed by atoms with E-state index in [9.17, 15) is 4.79 Å². The number of fused-ring (bicyclic) bond motifs is 1. The van der Waals surface area contributed by atoms with Crippen LogP contribution in [0.15, 0.2) is 18.3 Å². The van der Waals surface area contributed by atoms with Gasteiger partial charge in [0, 0.05) is 12.1 Å². The summed E-state index contributed by atoms with van der Waals surface area (Å²) >= 11 is 0. The summed E-state index contributed by atoms with van der Waals surface area (Å²) in [4.78, 5) is 12.1. The first-order valence-electron chi connectivity index (χ1n) is 7.00. The molecule has 7 heteroatoms. The molecule has 0 aromatic carbocycles. The molecule has 0 spiro atoms. The van der Waals surface area contributed by atoms with E-state index in [0.717, 1.165) is 11.5 Å². The second-order valence-corrected chi connectivity index (χ2v) is 5.28. The Balaban J connectivity index is 1.80. The van der Waals surface area contributed by atoms with E-state index < -0.39 is 6.10 Å². The topological polar surface area (TPSA) is 77.8 Å². The van der Waals surface area contributed by atoms with Gasteiger partial charge in [0.1, 0.15) is 5.82 Å². The van der Waals surface area contributed by atoms with Gasteiger partial charge in [0.15, 0.2) is 11.8 Å². The summed E-state index contributed by atoms with van der Waals surface area (Å²) in [5, 5.41) is 11.1. The fraction of sp³-hybridized carbons (Fsp3) is 0.500. The van der Waals surface area contributed by atoms with Crippen LogP contribution in [-0.2, 0) is 14.3 Å². The standard InChI is InChI=1S/C14H18N4O3/c1-9(2)13-17-16-12-4-3-10(7-18(12)13)15-14(19)11-8-20-5-6-21-11/h3-4,7,9,11H,5-6,8H2,1-2H3,(H,15,19)/t11-/m0/s1. The highest BCUT2D eigenvalue weighted by molar-refractivity contribution is 5.94. The fourth-order valence-electron chi connectivity index (χ4n) is 2.24. The van der Waals surface area contributed by atoms with E-state index in [1.54, 1.807) is 6.07 Å². The van der Waals surface area contributed by atoms with E-state index in [4.69, 9.17) is 9.47 Å². The highest BCUT2D eigenvalue weighted by atomic mass is 16.6. The lowest BCUT2D eigenvalue weighted by Crippen LogP contribution is -2.39. The molecule has 21 heavy (non-hydrogen) atoms. The number of hydrogen-bond acceptors (Lipinski definition) is 5. The molecule has 0 bridgehead atoms. The highest BCUT2D eigenvalue weighted by Crippen LogP contribution is 2.17. The highest BCUT2D eigenvalue weighted by Gasteiger charge is 2.22. The van der Waals surface area contributed by atoms with Crippen molar-refractivity contribution in [1.29, 1.82) is 0 Å². The molecule has 3 rings (SSSR count). The third kappa shape index (κ3) is 2.88. The van der Waals surface area contributed by atoms with Gasteiger partial charge in [0.05, 0.1) is 25.5 Å². The smallest absolute Gasteiger partial charge is 0.255 e. The Kier molecular flexibility index (Phi) is 3.85. The molecule has 0 aliphatic carbocycles. The first-order valence-corrected chi connectivity index (χ1v) is 7.00. The van der Waals surface area contributed by atoms with Crippen LogP contribution >= 0.6 is 0 Å². The Morgan fingerprint density at radius 1 is 1.38 bits per heavy atom. The molecular formula is C14H18N4O3. The van der Waals surface area contributed by atoms with Gasteiger partial charge in [0.25, 0.3) is 5.91 Å². The zero-order valence-electron chi connectivity index (χ0n) is 12.1. The van der Waals surface area contributed by atoms with Gasteiger partial charge in [-0.05, 0) is 12.1 Å². The van der Waals surface area contributed by atoms with Gasteiger partial charge in [-0.15, -0.1) is 10.2 Å². The molecule has 0 saturated carbocycles. The summed E-state index contributed by atoms with van der Waals surface area (Å²) in [6, 6.07) is 3.63. The molecule has 2 aromatic heterocycles. The van der Waals surface area contributed by atoms with Gasteiger partial charge < -0.3 is 14.8 Å². The summed E-state index contributed by atoms with van der Waals surface area (Å²) in [6.45, 7) is 5.37. The van der Waals surface area contributed by atoms with Gasteiger partial charge in [-0.2, -0.15) is 0 Å². The predicted octanol–water partition coefficient (Wildman–Crippen LogP) is 1.21. The van der Waals surface area contributed by atoms with Crippen molar-refractivity contribution < 1.29 is 14.3 Å². The number of anilines is 1. The summed E-state index contributed by atoms with van der Waals surface area (Å²) in [7, 11) is 0. The van der Waals surface area contributed by atoms with Gasteiger partial charge >= 0.3 is 0 Å². The lowest BCUT2D eigenvalue weighted by atomic mass is 10.2. The average Bonchev–Trinajstić information content (AvgIpc) is 2.91. The predicted molar refractivity (Wildman–Crippen MR) is 76.3 cm³/mol. The second kappa shape index (κ2) is 5.79. The van der Waals surface area contributed by atoms with Crippen LogP contribution in [0, 0.1) is 0 Å². The average molecular weight is 290 g/mol. The van der Waals surface area contributed by atoms with Crippen molar-refractivity contribution in [2.24, 2.45) is 0 Å². The number of pyridine rings is 1. The minimum Gasteiger partial charge on any atom is -0.376 e. The molecule has 1 aliphatic rings. The largest absolute Gasteiger partial charge is 0.376 e. The van der Waals surface area contributed by atoms with Crippen molar-refractivity contribution in [3.05, 3.63) is 24.2 Å². The fourth-order valence-corrected chi connectivity index (χ4v) is 2.24. The Labute approximate surface area is 122 Å². The van der Waals surface area contributed by atoms with Crippen LogP contribution in [0.1, 0.15) is 25.6 Å². The molecule has 1 atom stereocenters. The van der Waals surface area contributed by atoms with E-state index in [2.05, 4.69) is 29.4 Å². The van der Waals surface area contributed by atoms with Crippen molar-refractivity contribution in [3.8, 4) is 0 Å². The summed E-state index contributed by atoms with van der Waals surface area (Å²) in [5.41, 5.74) is 1.44. The molecule has 7 nitrogen and oxygen atoms in total. The van der Waals surface area contributed by atoms with Crippen molar-refractivity contribution in [2.75, 3.05) is 25.1 Å². The molecule has 1 aliphatic heterocycles. The number of rotatable bonds is 3. The molecule has 1 fully saturated rings. The molecule has 1 amide bonds. The van der Waals surface area contributed by atoms with E-state index in [1.807, 2.05) is 16.7 Å². The van der Waals surface area contributed by atoms with Crippen LogP contribution < -0.4 is 5.32 Å². The first-order chi connectivity index (χ1) is 10.1. The number of hydrogen-bond donors (Lipinski definition) is 1. The zero-order chi connectivity index (χ0) is 14.8. The third-order valence-electron chi connectivity index (χ3n) is 3.32. The molecule has 0 unspecified atom stereocenters. The van der Waals surface area contributed by atoms with Crippen LogP contribution in [0.5, 0.6) is 0 Å². The van der Waals surface area contributed by atoms with E-state index in [1.165, 1.54) is 0 Å².